The molecule has 0 radical (unpaired) electrons. The predicted molar refractivity (Wildman–Crippen MR) is 246 cm³/mol. The molecule has 4 heteroatoms. The van der Waals surface area contributed by atoms with Gasteiger partial charge in [-0.05, 0) is 58.8 Å². The molecule has 0 aliphatic carbocycles. The first-order valence-electron chi connectivity index (χ1n) is 20.0. The normalized spacial score (nSPS) is 11.7. The lowest BCUT2D eigenvalue weighted by molar-refractivity contribution is 1.18. The van der Waals surface area contributed by atoms with Crippen LogP contribution in [0.4, 0.5) is 0 Å². The molecule has 12 aromatic rings. The summed E-state index contributed by atoms with van der Waals surface area (Å²) in [5, 5.41) is 7.98. The summed E-state index contributed by atoms with van der Waals surface area (Å²) in [6, 6.07) is 73.0. The SMILES string of the molecule is c1ccc(-c2nc3c(-c4ccc(-n5c6ccccc6c6ccccc65)cc4)cc4c(-c5ccc6ccccc6c5)nc5ccccc5c4c3nc2-c2ccccc2)cc1. The van der Waals surface area contributed by atoms with Gasteiger partial charge in [-0.25, -0.2) is 15.0 Å². The third kappa shape index (κ3) is 5.34. The number of rotatable bonds is 5. The van der Waals surface area contributed by atoms with Crippen molar-refractivity contribution in [1.82, 2.24) is 19.5 Å². The number of hydrogen-bond donors (Lipinski definition) is 0. The maximum atomic E-state index is 5.70. The van der Waals surface area contributed by atoms with Gasteiger partial charge < -0.3 is 4.57 Å². The van der Waals surface area contributed by atoms with Crippen LogP contribution in [0.3, 0.4) is 0 Å². The molecule has 0 aliphatic rings. The summed E-state index contributed by atoms with van der Waals surface area (Å²) in [5.74, 6) is 0. The highest BCUT2D eigenvalue weighted by Crippen LogP contribution is 2.43. The zero-order valence-electron chi connectivity index (χ0n) is 31.9. The van der Waals surface area contributed by atoms with Crippen LogP contribution in [0.15, 0.2) is 206 Å². The molecule has 0 saturated carbocycles. The number of fused-ring (bicyclic) bond motifs is 9. The summed E-state index contributed by atoms with van der Waals surface area (Å²) in [6.45, 7) is 0. The molecule has 0 atom stereocenters. The Bertz CT molecular complexity index is 3540. The van der Waals surface area contributed by atoms with Crippen molar-refractivity contribution in [3.8, 4) is 50.6 Å². The first-order chi connectivity index (χ1) is 29.3. The van der Waals surface area contributed by atoms with Crippen molar-refractivity contribution in [3.63, 3.8) is 0 Å². The number of para-hydroxylation sites is 3. The van der Waals surface area contributed by atoms with Crippen LogP contribution < -0.4 is 0 Å². The lowest BCUT2D eigenvalue weighted by Gasteiger charge is -2.18. The summed E-state index contributed by atoms with van der Waals surface area (Å²) in [5.41, 5.74) is 13.9. The van der Waals surface area contributed by atoms with Crippen molar-refractivity contribution < 1.29 is 0 Å². The average Bonchev–Trinajstić information content (AvgIpc) is 3.65. The van der Waals surface area contributed by atoms with E-state index in [4.69, 9.17) is 15.0 Å². The molecule has 274 valence electrons. The summed E-state index contributed by atoms with van der Waals surface area (Å²) < 4.78 is 2.36. The fourth-order valence-corrected chi connectivity index (χ4v) is 8.99. The molecule has 0 bridgehead atoms. The monoisotopic (exact) mass is 750 g/mol. The molecule has 0 saturated heterocycles. The van der Waals surface area contributed by atoms with E-state index in [1.54, 1.807) is 0 Å². The van der Waals surface area contributed by atoms with Gasteiger partial charge in [0.1, 0.15) is 0 Å². The van der Waals surface area contributed by atoms with Crippen molar-refractivity contribution >= 4 is 65.3 Å². The zero-order chi connectivity index (χ0) is 38.9. The first kappa shape index (κ1) is 33.2. The Labute approximate surface area is 340 Å². The highest BCUT2D eigenvalue weighted by atomic mass is 15.0. The molecule has 4 nitrogen and oxygen atoms in total. The van der Waals surface area contributed by atoms with Crippen molar-refractivity contribution in [2.45, 2.75) is 0 Å². The van der Waals surface area contributed by atoms with Gasteiger partial charge in [0.2, 0.25) is 0 Å². The van der Waals surface area contributed by atoms with Gasteiger partial charge in [0, 0.05) is 54.9 Å². The molecule has 59 heavy (non-hydrogen) atoms. The second-order valence-electron chi connectivity index (χ2n) is 15.2. The molecule has 0 N–H and O–H groups in total. The Hall–Kier alpha value is -7.95. The van der Waals surface area contributed by atoms with Gasteiger partial charge >= 0.3 is 0 Å². The fourth-order valence-electron chi connectivity index (χ4n) is 8.99. The fraction of sp³-hybridized carbons (Fsp3) is 0. The first-order valence-corrected chi connectivity index (χ1v) is 20.0. The number of nitrogens with zero attached hydrogens (tertiary/aromatic N) is 4. The second kappa shape index (κ2) is 13.3. The molecular formula is C55H34N4. The molecule has 0 amide bonds. The molecular weight excluding hydrogens is 717 g/mol. The number of hydrogen-bond acceptors (Lipinski definition) is 3. The number of benzene rings is 9. The highest BCUT2D eigenvalue weighted by Gasteiger charge is 2.22. The lowest BCUT2D eigenvalue weighted by Crippen LogP contribution is -2.00. The Balaban J connectivity index is 1.19. The summed E-state index contributed by atoms with van der Waals surface area (Å²) >= 11 is 0. The van der Waals surface area contributed by atoms with E-state index in [9.17, 15) is 0 Å². The third-order valence-electron chi connectivity index (χ3n) is 11.7. The topological polar surface area (TPSA) is 43.6 Å². The Morgan fingerprint density at radius 2 is 0.864 bits per heavy atom. The molecule has 0 fully saturated rings. The molecule has 0 spiro atoms. The summed E-state index contributed by atoms with van der Waals surface area (Å²) in [6.07, 6.45) is 0. The van der Waals surface area contributed by atoms with E-state index in [2.05, 4.69) is 199 Å². The van der Waals surface area contributed by atoms with Crippen LogP contribution in [0.1, 0.15) is 0 Å². The van der Waals surface area contributed by atoms with E-state index in [0.29, 0.717) is 0 Å². The zero-order valence-corrected chi connectivity index (χ0v) is 31.9. The lowest BCUT2D eigenvalue weighted by atomic mass is 9.92. The van der Waals surface area contributed by atoms with Crippen LogP contribution in [0.5, 0.6) is 0 Å². The smallest absolute Gasteiger partial charge is 0.0987 e. The quantitative estimate of drug-likeness (QED) is 0.165. The van der Waals surface area contributed by atoms with Crippen molar-refractivity contribution in [2.24, 2.45) is 0 Å². The van der Waals surface area contributed by atoms with E-state index in [-0.39, 0.29) is 0 Å². The van der Waals surface area contributed by atoms with Crippen LogP contribution in [0.2, 0.25) is 0 Å². The van der Waals surface area contributed by atoms with Crippen molar-refractivity contribution in [1.29, 1.82) is 0 Å². The average molecular weight is 751 g/mol. The van der Waals surface area contributed by atoms with Gasteiger partial charge in [-0.15, -0.1) is 0 Å². The van der Waals surface area contributed by atoms with Crippen LogP contribution in [0.25, 0.3) is 116 Å². The maximum Gasteiger partial charge on any atom is 0.0987 e. The van der Waals surface area contributed by atoms with Gasteiger partial charge in [0.25, 0.3) is 0 Å². The van der Waals surface area contributed by atoms with Gasteiger partial charge in [0.15, 0.2) is 0 Å². The number of aromatic nitrogens is 4. The summed E-state index contributed by atoms with van der Waals surface area (Å²) in [7, 11) is 0. The van der Waals surface area contributed by atoms with Gasteiger partial charge in [-0.3, -0.25) is 0 Å². The Kier molecular flexibility index (Phi) is 7.50. The van der Waals surface area contributed by atoms with Crippen LogP contribution in [-0.2, 0) is 0 Å². The molecule has 3 heterocycles. The molecule has 0 unspecified atom stereocenters. The van der Waals surface area contributed by atoms with Gasteiger partial charge in [0.05, 0.1) is 44.7 Å². The van der Waals surface area contributed by atoms with E-state index in [0.717, 1.165) is 83.3 Å². The largest absolute Gasteiger partial charge is 0.309 e. The van der Waals surface area contributed by atoms with E-state index >= 15 is 0 Å². The van der Waals surface area contributed by atoms with Crippen molar-refractivity contribution in [3.05, 3.63) is 206 Å². The van der Waals surface area contributed by atoms with Gasteiger partial charge in [-0.1, -0.05) is 164 Å². The molecule has 0 aliphatic heterocycles. The Morgan fingerprint density at radius 1 is 0.322 bits per heavy atom. The standard InChI is InChI=1S/C55H34N4/c1-3-16-37(17-4-1)52-53(38-18-5-2-6-19-38)58-55-50-44-23-9-12-24-47(44)56-51(40-28-27-35-15-7-8-20-39(35)33-40)46(50)34-45(54(55)57-52)36-29-31-41(32-30-36)59-48-25-13-10-21-42(48)43-22-11-14-26-49(43)59/h1-34H. The molecule has 9 aromatic carbocycles. The minimum absolute atomic E-state index is 0.845. The molecule has 3 aromatic heterocycles. The number of pyridine rings is 1. The maximum absolute atomic E-state index is 5.70. The minimum atomic E-state index is 0.845. The molecule has 12 rings (SSSR count). The van der Waals surface area contributed by atoms with E-state index in [1.165, 1.54) is 32.6 Å². The third-order valence-corrected chi connectivity index (χ3v) is 11.7. The van der Waals surface area contributed by atoms with Crippen molar-refractivity contribution in [2.75, 3.05) is 0 Å². The highest BCUT2D eigenvalue weighted by molar-refractivity contribution is 6.24. The van der Waals surface area contributed by atoms with Crippen LogP contribution in [-0.4, -0.2) is 19.5 Å². The summed E-state index contributed by atoms with van der Waals surface area (Å²) in [4.78, 5) is 16.8. The van der Waals surface area contributed by atoms with E-state index in [1.807, 2.05) is 12.1 Å². The minimum Gasteiger partial charge on any atom is -0.309 e. The second-order valence-corrected chi connectivity index (χ2v) is 15.2. The van der Waals surface area contributed by atoms with E-state index < -0.39 is 0 Å². The predicted octanol–water partition coefficient (Wildman–Crippen LogP) is 14.2. The van der Waals surface area contributed by atoms with Gasteiger partial charge in [-0.2, -0.15) is 0 Å². The van der Waals surface area contributed by atoms with Crippen LogP contribution in [0, 0.1) is 0 Å². The Morgan fingerprint density at radius 3 is 1.54 bits per heavy atom. The van der Waals surface area contributed by atoms with Crippen LogP contribution >= 0.6 is 0 Å².